The van der Waals surface area contributed by atoms with Crippen molar-refractivity contribution in [3.8, 4) is 22.4 Å². The summed E-state index contributed by atoms with van der Waals surface area (Å²) in [6.07, 6.45) is 4.28. The molecule has 2 heterocycles. The standard InChI is InChI=1S/C27H29N2/c1-17(2)25-12-11-21(15-28-25)26-23-10-8-7-9-22(23)16-29(6)27(26)24-14-18(3)13-19(4)20(24)5/h7-17H,1-6H3/q+1. The van der Waals surface area contributed by atoms with Crippen LogP contribution in [0, 0.1) is 20.8 Å². The number of pyridine rings is 2. The predicted octanol–water partition coefficient (Wildman–Crippen LogP) is 6.44. The number of rotatable bonds is 3. The summed E-state index contributed by atoms with van der Waals surface area (Å²) in [5.74, 6) is 0.425. The first kappa shape index (κ1) is 19.3. The lowest BCUT2D eigenvalue weighted by atomic mass is 9.90. The van der Waals surface area contributed by atoms with Crippen molar-refractivity contribution in [2.75, 3.05) is 0 Å². The van der Waals surface area contributed by atoms with Gasteiger partial charge >= 0.3 is 0 Å². The Kier molecular flexibility index (Phi) is 4.96. The summed E-state index contributed by atoms with van der Waals surface area (Å²) in [5, 5.41) is 2.50. The van der Waals surface area contributed by atoms with Gasteiger partial charge in [-0.05, 0) is 56.0 Å². The van der Waals surface area contributed by atoms with Gasteiger partial charge in [-0.2, -0.15) is 4.57 Å². The Balaban J connectivity index is 2.10. The van der Waals surface area contributed by atoms with Crippen LogP contribution in [0.4, 0.5) is 0 Å². The molecule has 0 amide bonds. The van der Waals surface area contributed by atoms with Crippen molar-refractivity contribution in [1.29, 1.82) is 0 Å². The number of aryl methyl sites for hydroxylation is 3. The molecule has 2 nitrogen and oxygen atoms in total. The Labute approximate surface area is 173 Å². The fourth-order valence-corrected chi connectivity index (χ4v) is 4.21. The van der Waals surface area contributed by atoms with E-state index in [9.17, 15) is 0 Å². The summed E-state index contributed by atoms with van der Waals surface area (Å²) in [6.45, 7) is 11.0. The van der Waals surface area contributed by atoms with Crippen LogP contribution < -0.4 is 4.57 Å². The second-order valence-corrected chi connectivity index (χ2v) is 8.43. The molecule has 0 unspecified atom stereocenters. The average molecular weight is 382 g/mol. The van der Waals surface area contributed by atoms with Gasteiger partial charge in [0.25, 0.3) is 0 Å². The predicted molar refractivity (Wildman–Crippen MR) is 122 cm³/mol. The van der Waals surface area contributed by atoms with E-state index < -0.39 is 0 Å². The molecule has 0 fully saturated rings. The number of fused-ring (bicyclic) bond motifs is 1. The molecule has 4 aromatic rings. The van der Waals surface area contributed by atoms with E-state index in [1.54, 1.807) is 0 Å². The van der Waals surface area contributed by atoms with Crippen molar-refractivity contribution in [3.05, 3.63) is 83.3 Å². The fourth-order valence-electron chi connectivity index (χ4n) is 4.21. The Bertz CT molecular complexity index is 1200. The highest BCUT2D eigenvalue weighted by atomic mass is 14.9. The Morgan fingerprint density at radius 3 is 2.38 bits per heavy atom. The molecule has 29 heavy (non-hydrogen) atoms. The molecule has 0 N–H and O–H groups in total. The van der Waals surface area contributed by atoms with Crippen LogP contribution in [0.2, 0.25) is 0 Å². The highest BCUT2D eigenvalue weighted by Gasteiger charge is 2.24. The molecule has 0 atom stereocenters. The van der Waals surface area contributed by atoms with Crippen LogP contribution in [-0.2, 0) is 7.05 Å². The van der Waals surface area contributed by atoms with Gasteiger partial charge in [0.2, 0.25) is 5.69 Å². The lowest BCUT2D eigenvalue weighted by molar-refractivity contribution is -0.658. The van der Waals surface area contributed by atoms with Crippen molar-refractivity contribution in [3.63, 3.8) is 0 Å². The smallest absolute Gasteiger partial charge is 0.221 e. The molecular formula is C27H29N2+. The first-order valence-corrected chi connectivity index (χ1v) is 10.3. The third-order valence-corrected chi connectivity index (χ3v) is 5.89. The van der Waals surface area contributed by atoms with Gasteiger partial charge in [0.15, 0.2) is 6.20 Å². The molecule has 0 spiro atoms. The van der Waals surface area contributed by atoms with Gasteiger partial charge < -0.3 is 0 Å². The topological polar surface area (TPSA) is 16.8 Å². The Hall–Kier alpha value is -3.00. The van der Waals surface area contributed by atoms with Crippen molar-refractivity contribution >= 4 is 10.8 Å². The number of aromatic nitrogens is 2. The molecule has 2 heteroatoms. The average Bonchev–Trinajstić information content (AvgIpc) is 2.70. The van der Waals surface area contributed by atoms with Gasteiger partial charge in [0, 0.05) is 28.2 Å². The van der Waals surface area contributed by atoms with Gasteiger partial charge in [-0.1, -0.05) is 49.7 Å². The lowest BCUT2D eigenvalue weighted by Crippen LogP contribution is -2.31. The van der Waals surface area contributed by atoms with Crippen molar-refractivity contribution in [2.24, 2.45) is 7.05 Å². The zero-order valence-corrected chi connectivity index (χ0v) is 18.2. The second kappa shape index (κ2) is 7.44. The minimum Gasteiger partial charge on any atom is -0.260 e. The van der Waals surface area contributed by atoms with E-state index in [-0.39, 0.29) is 0 Å². The van der Waals surface area contributed by atoms with Gasteiger partial charge in [-0.25, -0.2) is 0 Å². The summed E-state index contributed by atoms with van der Waals surface area (Å²) in [6, 6.07) is 17.6. The minimum absolute atomic E-state index is 0.425. The van der Waals surface area contributed by atoms with Crippen LogP contribution in [0.1, 0.15) is 42.1 Å². The fraction of sp³-hybridized carbons (Fsp3) is 0.259. The summed E-state index contributed by atoms with van der Waals surface area (Å²) in [4.78, 5) is 4.77. The normalized spacial score (nSPS) is 11.4. The van der Waals surface area contributed by atoms with Crippen molar-refractivity contribution in [2.45, 2.75) is 40.5 Å². The molecule has 0 saturated heterocycles. The lowest BCUT2D eigenvalue weighted by Gasteiger charge is -2.15. The van der Waals surface area contributed by atoms with E-state index in [1.807, 2.05) is 6.20 Å². The third-order valence-electron chi connectivity index (χ3n) is 5.89. The van der Waals surface area contributed by atoms with Crippen molar-refractivity contribution in [1.82, 2.24) is 4.98 Å². The van der Waals surface area contributed by atoms with Crippen LogP contribution in [0.25, 0.3) is 33.2 Å². The molecule has 0 aliphatic heterocycles. The molecule has 0 bridgehead atoms. The molecule has 0 aliphatic carbocycles. The number of benzene rings is 2. The Morgan fingerprint density at radius 1 is 0.931 bits per heavy atom. The van der Waals surface area contributed by atoms with Gasteiger partial charge in [0.05, 0.1) is 11.1 Å². The molecular weight excluding hydrogens is 352 g/mol. The monoisotopic (exact) mass is 381 g/mol. The molecule has 0 saturated carbocycles. The minimum atomic E-state index is 0.425. The Morgan fingerprint density at radius 2 is 1.69 bits per heavy atom. The molecule has 146 valence electrons. The van der Waals surface area contributed by atoms with Crippen molar-refractivity contribution < 1.29 is 4.57 Å². The van der Waals surface area contributed by atoms with Gasteiger partial charge in [0.1, 0.15) is 7.05 Å². The van der Waals surface area contributed by atoms with Crippen LogP contribution in [0.3, 0.4) is 0 Å². The maximum absolute atomic E-state index is 4.77. The van der Waals surface area contributed by atoms with E-state index in [2.05, 4.69) is 101 Å². The summed E-state index contributed by atoms with van der Waals surface area (Å²) in [5.41, 5.74) is 10.0. The first-order chi connectivity index (χ1) is 13.9. The molecule has 4 rings (SSSR count). The summed E-state index contributed by atoms with van der Waals surface area (Å²) >= 11 is 0. The third kappa shape index (κ3) is 3.44. The molecule has 2 aromatic carbocycles. The van der Waals surface area contributed by atoms with E-state index in [0.29, 0.717) is 5.92 Å². The second-order valence-electron chi connectivity index (χ2n) is 8.43. The van der Waals surface area contributed by atoms with Gasteiger partial charge in [-0.15, -0.1) is 0 Å². The summed E-state index contributed by atoms with van der Waals surface area (Å²) in [7, 11) is 2.15. The summed E-state index contributed by atoms with van der Waals surface area (Å²) < 4.78 is 2.27. The largest absolute Gasteiger partial charge is 0.260 e. The maximum Gasteiger partial charge on any atom is 0.221 e. The SMILES string of the molecule is Cc1cc(C)c(C)c(-c2c(-c3ccc(C(C)C)nc3)c3ccccc3c[n+]2C)c1. The molecule has 0 radical (unpaired) electrons. The number of hydrogen-bond donors (Lipinski definition) is 0. The maximum atomic E-state index is 4.77. The van der Waals surface area contributed by atoms with Crippen LogP contribution in [-0.4, -0.2) is 4.98 Å². The van der Waals surface area contributed by atoms with E-state index >= 15 is 0 Å². The molecule has 0 aliphatic rings. The number of nitrogens with zero attached hydrogens (tertiary/aromatic N) is 2. The van der Waals surface area contributed by atoms with Crippen LogP contribution >= 0.6 is 0 Å². The van der Waals surface area contributed by atoms with Crippen LogP contribution in [0.15, 0.2) is 60.9 Å². The van der Waals surface area contributed by atoms with Gasteiger partial charge in [-0.3, -0.25) is 4.98 Å². The zero-order valence-electron chi connectivity index (χ0n) is 18.2. The highest BCUT2D eigenvalue weighted by Crippen LogP contribution is 2.37. The van der Waals surface area contributed by atoms with Crippen LogP contribution in [0.5, 0.6) is 0 Å². The first-order valence-electron chi connectivity index (χ1n) is 10.3. The van der Waals surface area contributed by atoms with E-state index in [4.69, 9.17) is 4.98 Å². The highest BCUT2D eigenvalue weighted by molar-refractivity contribution is 6.01. The number of hydrogen-bond acceptors (Lipinski definition) is 1. The van der Waals surface area contributed by atoms with E-state index in [1.165, 1.54) is 44.3 Å². The molecule has 2 aromatic heterocycles. The van der Waals surface area contributed by atoms with E-state index in [0.717, 1.165) is 11.3 Å². The quantitative estimate of drug-likeness (QED) is 0.373. The zero-order chi connectivity index (χ0) is 20.7.